The molecule has 1 atom stereocenters. The van der Waals surface area contributed by atoms with Crippen molar-refractivity contribution < 1.29 is 9.59 Å². The molecule has 1 saturated heterocycles. The summed E-state index contributed by atoms with van der Waals surface area (Å²) in [6, 6.07) is -0.739. The quantitative estimate of drug-likeness (QED) is 0.623. The molecule has 5 nitrogen and oxygen atoms in total. The van der Waals surface area contributed by atoms with Crippen molar-refractivity contribution in [3.63, 3.8) is 0 Å². The number of carbonyl (C=O) groups is 2. The van der Waals surface area contributed by atoms with Crippen LogP contribution in [0.4, 0.5) is 0 Å². The predicted molar refractivity (Wildman–Crippen MR) is 52.2 cm³/mol. The smallest absolute Gasteiger partial charge is 0.236 e. The molecule has 0 aromatic carbocycles. The van der Waals surface area contributed by atoms with E-state index in [2.05, 4.69) is 0 Å². The number of rotatable bonds is 3. The van der Waals surface area contributed by atoms with Crippen molar-refractivity contribution in [2.45, 2.75) is 31.7 Å². The van der Waals surface area contributed by atoms with E-state index in [9.17, 15) is 9.59 Å². The topological polar surface area (TPSA) is 89.4 Å². The van der Waals surface area contributed by atoms with Crippen LogP contribution in [0.3, 0.4) is 0 Å². The second-order valence-electron chi connectivity index (χ2n) is 3.66. The summed E-state index contributed by atoms with van der Waals surface area (Å²) < 4.78 is 0. The highest BCUT2D eigenvalue weighted by Crippen LogP contribution is 2.10. The highest BCUT2D eigenvalue weighted by Gasteiger charge is 2.20. The van der Waals surface area contributed by atoms with Gasteiger partial charge in [-0.3, -0.25) is 9.59 Å². The van der Waals surface area contributed by atoms with Gasteiger partial charge in [-0.1, -0.05) is 6.42 Å². The van der Waals surface area contributed by atoms with Gasteiger partial charge in [0.15, 0.2) is 0 Å². The van der Waals surface area contributed by atoms with Gasteiger partial charge in [-0.25, -0.2) is 0 Å². The van der Waals surface area contributed by atoms with Crippen LogP contribution in [-0.4, -0.2) is 35.8 Å². The first-order valence-corrected chi connectivity index (χ1v) is 4.94. The molecule has 1 rings (SSSR count). The maximum Gasteiger partial charge on any atom is 0.236 e. The summed E-state index contributed by atoms with van der Waals surface area (Å²) in [5, 5.41) is 0. The fourth-order valence-corrected chi connectivity index (χ4v) is 1.56. The SMILES string of the molecule is NC(=O)C(N)CN1CCCCCC1=O. The molecule has 80 valence electrons. The molecular formula is C9H17N3O2. The zero-order valence-electron chi connectivity index (χ0n) is 8.24. The molecular weight excluding hydrogens is 182 g/mol. The zero-order chi connectivity index (χ0) is 10.6. The van der Waals surface area contributed by atoms with Crippen molar-refractivity contribution in [3.05, 3.63) is 0 Å². The van der Waals surface area contributed by atoms with E-state index in [-0.39, 0.29) is 12.5 Å². The molecule has 1 fully saturated rings. The lowest BCUT2D eigenvalue weighted by Crippen LogP contribution is -2.47. The first-order chi connectivity index (χ1) is 6.61. The first-order valence-electron chi connectivity index (χ1n) is 4.94. The minimum Gasteiger partial charge on any atom is -0.368 e. The highest BCUT2D eigenvalue weighted by atomic mass is 16.2. The summed E-state index contributed by atoms with van der Waals surface area (Å²) in [6.45, 7) is 0.952. The molecule has 0 spiro atoms. The third-order valence-electron chi connectivity index (χ3n) is 2.45. The first kappa shape index (κ1) is 11.0. The average Bonchev–Trinajstić information content (AvgIpc) is 2.32. The summed E-state index contributed by atoms with van der Waals surface area (Å²) >= 11 is 0. The summed E-state index contributed by atoms with van der Waals surface area (Å²) in [4.78, 5) is 23.9. The normalized spacial score (nSPS) is 20.4. The fourth-order valence-electron chi connectivity index (χ4n) is 1.56. The number of carbonyl (C=O) groups excluding carboxylic acids is 2. The van der Waals surface area contributed by atoms with E-state index in [0.717, 1.165) is 19.3 Å². The molecule has 1 unspecified atom stereocenters. The molecule has 4 N–H and O–H groups in total. The van der Waals surface area contributed by atoms with Crippen LogP contribution in [0.15, 0.2) is 0 Å². The van der Waals surface area contributed by atoms with E-state index < -0.39 is 11.9 Å². The van der Waals surface area contributed by atoms with Gasteiger partial charge in [-0.05, 0) is 12.8 Å². The Morgan fingerprint density at radius 3 is 2.79 bits per heavy atom. The van der Waals surface area contributed by atoms with E-state index in [1.165, 1.54) is 0 Å². The Morgan fingerprint density at radius 1 is 1.43 bits per heavy atom. The number of nitrogens with two attached hydrogens (primary N) is 2. The van der Waals surface area contributed by atoms with Crippen LogP contribution in [0.1, 0.15) is 25.7 Å². The molecule has 0 aliphatic carbocycles. The molecule has 1 aliphatic rings. The third-order valence-corrected chi connectivity index (χ3v) is 2.45. The Morgan fingerprint density at radius 2 is 2.14 bits per heavy atom. The number of likely N-dealkylation sites (tertiary alicyclic amines) is 1. The summed E-state index contributed by atoms with van der Waals surface area (Å²) in [5.41, 5.74) is 10.5. The lowest BCUT2D eigenvalue weighted by Gasteiger charge is -2.22. The summed E-state index contributed by atoms with van der Waals surface area (Å²) in [6.07, 6.45) is 3.54. The van der Waals surface area contributed by atoms with E-state index in [4.69, 9.17) is 11.5 Å². The minimum absolute atomic E-state index is 0.0826. The maximum absolute atomic E-state index is 11.5. The Bertz CT molecular complexity index is 230. The van der Waals surface area contributed by atoms with Crippen LogP contribution in [0.25, 0.3) is 0 Å². The van der Waals surface area contributed by atoms with Gasteiger partial charge in [0.25, 0.3) is 0 Å². The Kier molecular flexibility index (Phi) is 3.88. The second-order valence-corrected chi connectivity index (χ2v) is 3.66. The second kappa shape index (κ2) is 4.95. The van der Waals surface area contributed by atoms with Gasteiger partial charge in [0.1, 0.15) is 6.04 Å². The number of primary amides is 1. The largest absolute Gasteiger partial charge is 0.368 e. The van der Waals surface area contributed by atoms with Crippen LogP contribution in [0, 0.1) is 0 Å². The van der Waals surface area contributed by atoms with Crippen LogP contribution in [-0.2, 0) is 9.59 Å². The van der Waals surface area contributed by atoms with Gasteiger partial charge >= 0.3 is 0 Å². The standard InChI is InChI=1S/C9H17N3O2/c10-7(9(11)14)6-12-5-3-1-2-4-8(12)13/h7H,1-6,10H2,(H2,11,14). The lowest BCUT2D eigenvalue weighted by molar-refractivity contribution is -0.131. The Hall–Kier alpha value is -1.10. The molecule has 0 aromatic heterocycles. The lowest BCUT2D eigenvalue weighted by atomic mass is 10.2. The molecule has 1 heterocycles. The molecule has 14 heavy (non-hydrogen) atoms. The third kappa shape index (κ3) is 2.99. The number of hydrogen-bond donors (Lipinski definition) is 2. The summed E-state index contributed by atoms with van der Waals surface area (Å²) in [7, 11) is 0. The molecule has 0 radical (unpaired) electrons. The minimum atomic E-state index is -0.739. The molecule has 0 bridgehead atoms. The van der Waals surface area contributed by atoms with Crippen LogP contribution >= 0.6 is 0 Å². The van der Waals surface area contributed by atoms with Crippen molar-refractivity contribution in [2.75, 3.05) is 13.1 Å². The van der Waals surface area contributed by atoms with Gasteiger partial charge in [0, 0.05) is 19.5 Å². The average molecular weight is 199 g/mol. The molecule has 0 aromatic rings. The van der Waals surface area contributed by atoms with Crippen molar-refractivity contribution in [3.8, 4) is 0 Å². The van der Waals surface area contributed by atoms with E-state index in [1.807, 2.05) is 0 Å². The predicted octanol–water partition coefficient (Wildman–Crippen LogP) is -0.798. The van der Waals surface area contributed by atoms with Crippen LogP contribution < -0.4 is 11.5 Å². The van der Waals surface area contributed by atoms with Crippen molar-refractivity contribution >= 4 is 11.8 Å². The molecule has 0 saturated carbocycles. The fraction of sp³-hybridized carbons (Fsp3) is 0.778. The Balaban J connectivity index is 2.48. The number of nitrogens with zero attached hydrogens (tertiary/aromatic N) is 1. The zero-order valence-corrected chi connectivity index (χ0v) is 8.24. The number of amides is 2. The van der Waals surface area contributed by atoms with Gasteiger partial charge < -0.3 is 16.4 Å². The van der Waals surface area contributed by atoms with E-state index >= 15 is 0 Å². The molecule has 5 heteroatoms. The van der Waals surface area contributed by atoms with E-state index in [0.29, 0.717) is 13.0 Å². The molecule has 2 amide bonds. The van der Waals surface area contributed by atoms with Crippen molar-refractivity contribution in [1.29, 1.82) is 0 Å². The van der Waals surface area contributed by atoms with E-state index in [1.54, 1.807) is 4.90 Å². The van der Waals surface area contributed by atoms with Gasteiger partial charge in [0.05, 0.1) is 0 Å². The van der Waals surface area contributed by atoms with Gasteiger partial charge in [-0.15, -0.1) is 0 Å². The van der Waals surface area contributed by atoms with Gasteiger partial charge in [0.2, 0.25) is 11.8 Å². The van der Waals surface area contributed by atoms with Gasteiger partial charge in [-0.2, -0.15) is 0 Å². The van der Waals surface area contributed by atoms with Crippen molar-refractivity contribution in [1.82, 2.24) is 4.90 Å². The molecule has 1 aliphatic heterocycles. The maximum atomic E-state index is 11.5. The van der Waals surface area contributed by atoms with Crippen molar-refractivity contribution in [2.24, 2.45) is 11.5 Å². The monoisotopic (exact) mass is 199 g/mol. The summed E-state index contributed by atoms with van der Waals surface area (Å²) in [5.74, 6) is -0.471. The number of hydrogen-bond acceptors (Lipinski definition) is 3. The highest BCUT2D eigenvalue weighted by molar-refractivity contribution is 5.81. The van der Waals surface area contributed by atoms with Crippen LogP contribution in [0.2, 0.25) is 0 Å². The van der Waals surface area contributed by atoms with Crippen LogP contribution in [0.5, 0.6) is 0 Å². The Labute approximate surface area is 83.4 Å².